The molecule has 0 unspecified atom stereocenters. The van der Waals surface area contributed by atoms with Crippen LogP contribution in [-0.2, 0) is 33.0 Å². The Bertz CT molecular complexity index is 6450. The molecule has 0 saturated heterocycles. The Labute approximate surface area is 780 Å². The summed E-state index contributed by atoms with van der Waals surface area (Å²) < 4.78 is 9.27. The first kappa shape index (κ1) is 98.2. The molecule has 16 rings (SSSR count). The minimum atomic E-state index is -0.186. The van der Waals surface area contributed by atoms with E-state index in [2.05, 4.69) is 195 Å². The Hall–Kier alpha value is -14.9. The number of hydrogen-bond acceptors (Lipinski definition) is 31. The highest BCUT2D eigenvalue weighted by atomic mass is 16.3. The highest BCUT2D eigenvalue weighted by Crippen LogP contribution is 2.31. The van der Waals surface area contributed by atoms with Gasteiger partial charge in [-0.15, -0.1) is 51.0 Å². The summed E-state index contributed by atoms with van der Waals surface area (Å²) in [5.74, 6) is 4.33. The molecule has 0 aliphatic rings. The van der Waals surface area contributed by atoms with Crippen molar-refractivity contribution in [1.29, 1.82) is 0 Å². The highest BCUT2D eigenvalue weighted by Gasteiger charge is 2.22. The summed E-state index contributed by atoms with van der Waals surface area (Å²) in [6.45, 7) is 39.8. The van der Waals surface area contributed by atoms with Crippen LogP contribution in [-0.4, -0.2) is 178 Å². The molecule has 16 aromatic heterocycles. The van der Waals surface area contributed by atoms with E-state index in [1.807, 2.05) is 239 Å². The van der Waals surface area contributed by atoms with E-state index in [0.717, 1.165) is 127 Å². The van der Waals surface area contributed by atoms with Gasteiger partial charge in [0.15, 0.2) is 29.1 Å². The van der Waals surface area contributed by atoms with Crippen molar-refractivity contribution in [3.63, 3.8) is 0 Å². The Morgan fingerprint density at radius 2 is 0.537 bits per heavy atom. The number of hydrogen-bond donors (Lipinski definition) is 10. The zero-order valence-electron chi connectivity index (χ0n) is 79.5. The number of aliphatic hydroxyl groups excluding tert-OH is 5. The summed E-state index contributed by atoms with van der Waals surface area (Å²) in [5.41, 5.74) is 24.0. The summed E-state index contributed by atoms with van der Waals surface area (Å²) in [7, 11) is 0. The quantitative estimate of drug-likeness (QED) is 0.0208. The molecule has 0 aromatic carbocycles. The van der Waals surface area contributed by atoms with Gasteiger partial charge in [0.25, 0.3) is 0 Å². The summed E-state index contributed by atoms with van der Waals surface area (Å²) in [6.07, 6.45) is 21.8. The molecule has 36 heteroatoms. The number of rotatable bonds is 29. The molecule has 134 heavy (non-hydrogen) atoms. The number of imidazole rings is 5. The summed E-state index contributed by atoms with van der Waals surface area (Å²) in [5, 5.41) is 109. The molecular formula is C98H119N31O5. The van der Waals surface area contributed by atoms with Gasteiger partial charge in [0.1, 0.15) is 28.5 Å². The number of nitrogens with one attached hydrogen (secondary N) is 5. The van der Waals surface area contributed by atoms with E-state index in [-0.39, 0.29) is 45.1 Å². The Morgan fingerprint density at radius 1 is 0.284 bits per heavy atom. The lowest BCUT2D eigenvalue weighted by Crippen LogP contribution is -2.23. The molecule has 0 aliphatic heterocycles. The highest BCUT2D eigenvalue weighted by molar-refractivity contribution is 5.66. The van der Waals surface area contributed by atoms with Gasteiger partial charge >= 0.3 is 0 Å². The third-order valence-corrected chi connectivity index (χ3v) is 21.9. The lowest BCUT2D eigenvalue weighted by Gasteiger charge is -2.19. The van der Waals surface area contributed by atoms with E-state index in [9.17, 15) is 25.5 Å². The van der Waals surface area contributed by atoms with Gasteiger partial charge in [0.2, 0.25) is 0 Å². The lowest BCUT2D eigenvalue weighted by atomic mass is 10.1. The van der Waals surface area contributed by atoms with Crippen molar-refractivity contribution in [3.8, 4) is 85.4 Å². The van der Waals surface area contributed by atoms with E-state index >= 15 is 0 Å². The molecule has 4 atom stereocenters. The third kappa shape index (κ3) is 25.3. The van der Waals surface area contributed by atoms with Crippen molar-refractivity contribution >= 4 is 29.1 Å². The van der Waals surface area contributed by atoms with Crippen LogP contribution >= 0.6 is 0 Å². The maximum Gasteiger partial charge on any atom is 0.152 e. The van der Waals surface area contributed by atoms with Crippen LogP contribution in [0.5, 0.6) is 0 Å². The van der Waals surface area contributed by atoms with Crippen LogP contribution in [0.1, 0.15) is 179 Å². The smallest absolute Gasteiger partial charge is 0.152 e. The van der Waals surface area contributed by atoms with Gasteiger partial charge in [-0.25, -0.2) is 49.8 Å². The fourth-order valence-corrected chi connectivity index (χ4v) is 13.7. The minimum absolute atomic E-state index is 0.00193. The molecule has 0 fully saturated rings. The third-order valence-electron chi connectivity index (χ3n) is 21.9. The van der Waals surface area contributed by atoms with Crippen LogP contribution < -0.4 is 26.6 Å². The van der Waals surface area contributed by atoms with Gasteiger partial charge in [-0.3, -0.25) is 4.98 Å². The fourth-order valence-electron chi connectivity index (χ4n) is 13.7. The van der Waals surface area contributed by atoms with Gasteiger partial charge < -0.3 is 75.0 Å². The second kappa shape index (κ2) is 45.8. The number of anilines is 5. The first-order valence-corrected chi connectivity index (χ1v) is 44.5. The summed E-state index contributed by atoms with van der Waals surface area (Å²) in [4.78, 5) is 48.4. The SMILES string of the molecule is CC[C@H](C)Nc1nnc(-c2ccc(-n3cnc(C)c3)c(CO)n2)cc1C.CC[C@H](C)Nc1nnc(-c2ccc(-n3cnc(C)c3)c(CO)n2)cc1C.Cc1cn(-c2ccc(-c3cc(C)c(NC(C)C)nn3)nc2CO)cn1.Cc1cn(-c2ccc(-c3cc(C)c(N[C@@H](C)c4ccccn4)nn3)nc2CO)cn1.Cc1cn(-c2ccc(-c3cc(C)c(N[C@H](C)C(C)C)nn3)nc2CO)cn1. The van der Waals surface area contributed by atoms with Crippen LogP contribution in [0.15, 0.2) is 178 Å². The predicted octanol–water partition coefficient (Wildman–Crippen LogP) is 15.4. The van der Waals surface area contributed by atoms with Gasteiger partial charge in [-0.2, -0.15) is 0 Å². The molecule has 0 aliphatic carbocycles. The average Bonchev–Trinajstić information content (AvgIpc) is 1.41. The molecule has 16 heterocycles. The van der Waals surface area contributed by atoms with Crippen LogP contribution in [0.3, 0.4) is 0 Å². The van der Waals surface area contributed by atoms with E-state index in [4.69, 9.17) is 0 Å². The van der Waals surface area contributed by atoms with Gasteiger partial charge in [0.05, 0.1) is 190 Å². The first-order valence-electron chi connectivity index (χ1n) is 44.5. The average molecular weight is 1810 g/mol. The fraction of sp³-hybridized carbons (Fsp3) is 0.337. The molecule has 0 amide bonds. The van der Waals surface area contributed by atoms with Gasteiger partial charge in [0, 0.05) is 61.3 Å². The summed E-state index contributed by atoms with van der Waals surface area (Å²) >= 11 is 0. The molecule has 0 radical (unpaired) electrons. The maximum atomic E-state index is 9.82. The predicted molar refractivity (Wildman–Crippen MR) is 519 cm³/mol. The zero-order chi connectivity index (χ0) is 96.0. The molecule has 0 saturated carbocycles. The first-order chi connectivity index (χ1) is 64.4. The van der Waals surface area contributed by atoms with Crippen LogP contribution in [0, 0.1) is 75.2 Å². The van der Waals surface area contributed by atoms with Gasteiger partial charge in [-0.1, -0.05) is 33.8 Å². The van der Waals surface area contributed by atoms with Crippen molar-refractivity contribution in [2.24, 2.45) is 5.92 Å². The van der Waals surface area contributed by atoms with Crippen molar-refractivity contribution in [1.82, 2.24) is 129 Å². The summed E-state index contributed by atoms with van der Waals surface area (Å²) in [6, 6.07) is 35.8. The number of aliphatic hydroxyl groups is 5. The monoisotopic (exact) mass is 1810 g/mol. The second-order valence-electron chi connectivity index (χ2n) is 33.5. The molecule has 10 N–H and O–H groups in total. The zero-order valence-corrected chi connectivity index (χ0v) is 79.5. The Kier molecular flexibility index (Phi) is 33.6. The van der Waals surface area contributed by atoms with E-state index < -0.39 is 0 Å². The molecule has 696 valence electrons. The molecule has 0 spiro atoms. The minimum Gasteiger partial charge on any atom is -0.390 e. The van der Waals surface area contributed by atoms with Crippen LogP contribution in [0.2, 0.25) is 0 Å². The lowest BCUT2D eigenvalue weighted by molar-refractivity contribution is 0.276. The van der Waals surface area contributed by atoms with E-state index in [1.165, 1.54) is 0 Å². The standard InChI is InChI=1S/C22H23N7O.C20H26N6O.2C19H24N6O.C18H22N6O/c1-14-10-19(27-28-22(14)25-16(3)17-6-4-5-9-23-17)18-7-8-21(20(12-30)26-18)29-11-15(2)24-13-29;1-12(2)15(5)22-20-13(3)8-17(24-25-20)16-6-7-19(18(10-27)23-16)26-9-14(4)21-11-26;2*1-5-13(3)21-19-12(2)8-16(23-24-19)15-6-7-18(17(10-26)22-15)25-9-14(4)20-11-25;1-11(2)20-18-12(3)7-15(22-23-18)14-5-6-17(16(9-25)21-14)24-8-13(4)19-10-24/h4-11,13,16,30H,12H2,1-3H3,(H,25,28);6-9,11-12,15,27H,10H2,1-5H3,(H,22,25);2*6-9,11,13,26H,5,10H2,1-4H3,(H,21,24);5-8,10-11,25H,9H2,1-4H3,(H,20,23)/t16-;15-;2*13-;/m0100./s1. The Balaban J connectivity index is 0.000000151. The maximum absolute atomic E-state index is 9.82. The molecule has 16 aromatic rings. The number of pyridine rings is 6. The number of aryl methyl sites for hydroxylation is 10. The van der Waals surface area contributed by atoms with Crippen molar-refractivity contribution in [2.45, 2.75) is 215 Å². The number of nitrogens with zero attached hydrogens (tertiary/aromatic N) is 26. The topological polar surface area (TPSA) is 457 Å². The van der Waals surface area contributed by atoms with Gasteiger partial charge in [-0.05, 0) is 260 Å². The van der Waals surface area contributed by atoms with E-state index in [0.29, 0.717) is 115 Å². The van der Waals surface area contributed by atoms with Crippen LogP contribution in [0.25, 0.3) is 85.4 Å². The normalized spacial score (nSPS) is 12.0. The van der Waals surface area contributed by atoms with Crippen molar-refractivity contribution < 1.29 is 25.5 Å². The largest absolute Gasteiger partial charge is 0.390 e. The molecular weight excluding hydrogens is 1690 g/mol. The second-order valence-corrected chi connectivity index (χ2v) is 33.5. The van der Waals surface area contributed by atoms with Crippen LogP contribution in [0.4, 0.5) is 29.1 Å². The number of aromatic nitrogens is 26. The van der Waals surface area contributed by atoms with Crippen molar-refractivity contribution in [2.75, 3.05) is 26.6 Å². The van der Waals surface area contributed by atoms with Crippen molar-refractivity contribution in [3.05, 3.63) is 268 Å². The molecule has 0 bridgehead atoms. The molecule has 36 nitrogen and oxygen atoms in total. The van der Waals surface area contributed by atoms with E-state index in [1.54, 1.807) is 37.8 Å². The Morgan fingerprint density at radius 3 is 0.746 bits per heavy atom.